The molecule has 0 amide bonds. The lowest BCUT2D eigenvalue weighted by Gasteiger charge is -2.10. The van der Waals surface area contributed by atoms with Crippen LogP contribution in [-0.2, 0) is 6.42 Å². The van der Waals surface area contributed by atoms with Crippen LogP contribution in [0.25, 0.3) is 0 Å². The second-order valence-electron chi connectivity index (χ2n) is 5.78. The van der Waals surface area contributed by atoms with Gasteiger partial charge in [-0.05, 0) is 48.7 Å². The van der Waals surface area contributed by atoms with E-state index in [9.17, 15) is 0 Å². The van der Waals surface area contributed by atoms with Crippen molar-refractivity contribution in [3.05, 3.63) is 59.2 Å². The topological polar surface area (TPSA) is 59.6 Å². The van der Waals surface area contributed by atoms with Crippen molar-refractivity contribution in [1.82, 2.24) is 0 Å². The predicted molar refractivity (Wildman–Crippen MR) is 90.6 cm³/mol. The normalized spacial score (nSPS) is 17.0. The number of hydrogen-bond donors (Lipinski definition) is 2. The molecule has 1 atom stereocenters. The van der Waals surface area contributed by atoms with Crippen LogP contribution < -0.4 is 15.8 Å². The third-order valence-corrected chi connectivity index (χ3v) is 3.67. The van der Waals surface area contributed by atoms with E-state index in [0.717, 1.165) is 17.9 Å². The third kappa shape index (κ3) is 3.39. The van der Waals surface area contributed by atoms with E-state index in [4.69, 9.17) is 10.5 Å². The molecule has 1 aliphatic heterocycles. The number of aryl methyl sites for hydroxylation is 2. The number of guanidine groups is 1. The number of benzene rings is 2. The maximum atomic E-state index is 5.97. The zero-order valence-electron chi connectivity index (χ0n) is 13.0. The summed E-state index contributed by atoms with van der Waals surface area (Å²) in [7, 11) is 0. The summed E-state index contributed by atoms with van der Waals surface area (Å²) >= 11 is 0. The predicted octanol–water partition coefficient (Wildman–Crippen LogP) is 3.03. The first-order valence-corrected chi connectivity index (χ1v) is 7.50. The van der Waals surface area contributed by atoms with Crippen molar-refractivity contribution < 1.29 is 4.74 Å². The number of para-hydroxylation sites is 1. The van der Waals surface area contributed by atoms with E-state index in [1.807, 2.05) is 18.2 Å². The summed E-state index contributed by atoms with van der Waals surface area (Å²) in [4.78, 5) is 4.40. The van der Waals surface area contributed by atoms with Gasteiger partial charge in [-0.3, -0.25) is 0 Å². The van der Waals surface area contributed by atoms with Crippen molar-refractivity contribution in [2.45, 2.75) is 26.4 Å². The van der Waals surface area contributed by atoms with E-state index < -0.39 is 0 Å². The number of hydrogen-bond acceptors (Lipinski definition) is 2. The van der Waals surface area contributed by atoms with Crippen molar-refractivity contribution in [3.63, 3.8) is 0 Å². The van der Waals surface area contributed by atoms with Gasteiger partial charge in [-0.25, -0.2) is 4.99 Å². The van der Waals surface area contributed by atoms with Crippen molar-refractivity contribution in [3.8, 4) is 5.75 Å². The number of anilines is 1. The van der Waals surface area contributed by atoms with Gasteiger partial charge in [0.2, 0.25) is 0 Å². The molecule has 0 aromatic heterocycles. The Hall–Kier alpha value is -2.49. The number of fused-ring (bicyclic) bond motifs is 1. The summed E-state index contributed by atoms with van der Waals surface area (Å²) in [5.41, 5.74) is 10.6. The highest BCUT2D eigenvalue weighted by atomic mass is 16.5. The van der Waals surface area contributed by atoms with E-state index >= 15 is 0 Å². The maximum absolute atomic E-state index is 5.97. The minimum absolute atomic E-state index is 0.0667. The fourth-order valence-electron chi connectivity index (χ4n) is 2.79. The summed E-state index contributed by atoms with van der Waals surface area (Å²) in [5, 5.41) is 3.14. The van der Waals surface area contributed by atoms with Crippen LogP contribution in [0.2, 0.25) is 0 Å². The molecule has 1 aliphatic rings. The average molecular weight is 295 g/mol. The molecular weight excluding hydrogens is 274 g/mol. The van der Waals surface area contributed by atoms with Crippen LogP contribution in [-0.4, -0.2) is 18.6 Å². The van der Waals surface area contributed by atoms with E-state index in [0.29, 0.717) is 12.5 Å². The summed E-state index contributed by atoms with van der Waals surface area (Å²) < 4.78 is 5.86. The monoisotopic (exact) mass is 295 g/mol. The van der Waals surface area contributed by atoms with Gasteiger partial charge in [-0.2, -0.15) is 0 Å². The Bertz CT molecular complexity index is 664. The molecule has 3 N–H and O–H groups in total. The van der Waals surface area contributed by atoms with Gasteiger partial charge in [-0.1, -0.05) is 24.3 Å². The molecule has 4 nitrogen and oxygen atoms in total. The minimum atomic E-state index is 0.0667. The Morgan fingerprint density at radius 2 is 1.95 bits per heavy atom. The molecule has 0 aliphatic carbocycles. The van der Waals surface area contributed by atoms with Crippen molar-refractivity contribution in [2.24, 2.45) is 10.7 Å². The van der Waals surface area contributed by atoms with Gasteiger partial charge in [0.05, 0.1) is 6.54 Å². The van der Waals surface area contributed by atoms with E-state index in [-0.39, 0.29) is 6.10 Å². The van der Waals surface area contributed by atoms with Crippen LogP contribution in [0.5, 0.6) is 5.75 Å². The first kappa shape index (κ1) is 14.4. The highest BCUT2D eigenvalue weighted by Gasteiger charge is 2.21. The van der Waals surface area contributed by atoms with Gasteiger partial charge in [-0.15, -0.1) is 0 Å². The first-order chi connectivity index (χ1) is 10.6. The Kier molecular flexibility index (Phi) is 4.00. The van der Waals surface area contributed by atoms with Gasteiger partial charge in [0.25, 0.3) is 0 Å². The molecule has 1 heterocycles. The molecule has 3 rings (SSSR count). The molecule has 0 saturated heterocycles. The SMILES string of the molecule is Cc1cc(C)cc(NC(N)=NCC2Cc3ccccc3O2)c1. The molecule has 0 bridgehead atoms. The van der Waals surface area contributed by atoms with Crippen LogP contribution in [0.3, 0.4) is 0 Å². The largest absolute Gasteiger partial charge is 0.488 e. The number of rotatable bonds is 3. The fourth-order valence-corrected chi connectivity index (χ4v) is 2.79. The quantitative estimate of drug-likeness (QED) is 0.676. The number of nitrogens with two attached hydrogens (primary N) is 1. The van der Waals surface area contributed by atoms with Crippen molar-refractivity contribution >= 4 is 11.6 Å². The highest BCUT2D eigenvalue weighted by Crippen LogP contribution is 2.28. The van der Waals surface area contributed by atoms with Crippen LogP contribution in [0.15, 0.2) is 47.5 Å². The molecule has 0 spiro atoms. The van der Waals surface area contributed by atoms with Gasteiger partial charge in [0.1, 0.15) is 11.9 Å². The van der Waals surface area contributed by atoms with Crippen LogP contribution >= 0.6 is 0 Å². The minimum Gasteiger partial charge on any atom is -0.488 e. The number of nitrogens with zero attached hydrogens (tertiary/aromatic N) is 1. The van der Waals surface area contributed by atoms with Gasteiger partial charge >= 0.3 is 0 Å². The molecular formula is C18H21N3O. The fraction of sp³-hybridized carbons (Fsp3) is 0.278. The lowest BCUT2D eigenvalue weighted by Crippen LogP contribution is -2.26. The molecule has 114 valence electrons. The Morgan fingerprint density at radius 1 is 1.23 bits per heavy atom. The average Bonchev–Trinajstić information content (AvgIpc) is 2.87. The lowest BCUT2D eigenvalue weighted by atomic mass is 10.1. The maximum Gasteiger partial charge on any atom is 0.193 e. The molecule has 0 radical (unpaired) electrons. The zero-order chi connectivity index (χ0) is 15.5. The molecule has 22 heavy (non-hydrogen) atoms. The number of aliphatic imine (C=N–C) groups is 1. The standard InChI is InChI=1S/C18H21N3O/c1-12-7-13(2)9-15(8-12)21-18(19)20-11-16-10-14-5-3-4-6-17(14)22-16/h3-9,16H,10-11H2,1-2H3,(H3,19,20,21). The second-order valence-corrected chi connectivity index (χ2v) is 5.78. The first-order valence-electron chi connectivity index (χ1n) is 7.50. The van der Waals surface area contributed by atoms with E-state index in [1.165, 1.54) is 16.7 Å². The number of nitrogens with one attached hydrogen (secondary N) is 1. The van der Waals surface area contributed by atoms with Crippen molar-refractivity contribution in [2.75, 3.05) is 11.9 Å². The highest BCUT2D eigenvalue weighted by molar-refractivity contribution is 5.92. The summed E-state index contributed by atoms with van der Waals surface area (Å²) in [6.45, 7) is 4.68. The Morgan fingerprint density at radius 3 is 2.68 bits per heavy atom. The van der Waals surface area contributed by atoms with E-state index in [2.05, 4.69) is 48.4 Å². The van der Waals surface area contributed by atoms with Crippen LogP contribution in [0.1, 0.15) is 16.7 Å². The molecule has 2 aromatic carbocycles. The lowest BCUT2D eigenvalue weighted by molar-refractivity contribution is 0.242. The third-order valence-electron chi connectivity index (χ3n) is 3.67. The molecule has 1 unspecified atom stereocenters. The zero-order valence-corrected chi connectivity index (χ0v) is 13.0. The van der Waals surface area contributed by atoms with Gasteiger partial charge in [0, 0.05) is 12.1 Å². The Balaban J connectivity index is 1.59. The van der Waals surface area contributed by atoms with Crippen LogP contribution in [0.4, 0.5) is 5.69 Å². The molecule has 0 saturated carbocycles. The summed E-state index contributed by atoms with van der Waals surface area (Å²) in [5.74, 6) is 1.38. The summed E-state index contributed by atoms with van der Waals surface area (Å²) in [6, 6.07) is 14.3. The second kappa shape index (κ2) is 6.10. The molecule has 4 heteroatoms. The van der Waals surface area contributed by atoms with Gasteiger partial charge < -0.3 is 15.8 Å². The summed E-state index contributed by atoms with van der Waals surface area (Å²) in [6.07, 6.45) is 0.952. The van der Waals surface area contributed by atoms with E-state index in [1.54, 1.807) is 0 Å². The molecule has 0 fully saturated rings. The smallest absolute Gasteiger partial charge is 0.193 e. The Labute approximate surface area is 131 Å². The van der Waals surface area contributed by atoms with Crippen LogP contribution in [0, 0.1) is 13.8 Å². The van der Waals surface area contributed by atoms with Crippen molar-refractivity contribution in [1.29, 1.82) is 0 Å². The van der Waals surface area contributed by atoms with Gasteiger partial charge in [0.15, 0.2) is 5.96 Å². The number of ether oxygens (including phenoxy) is 1. The molecule has 2 aromatic rings.